The summed E-state index contributed by atoms with van der Waals surface area (Å²) in [5, 5.41) is 14.3. The van der Waals surface area contributed by atoms with Gasteiger partial charge in [-0.1, -0.05) is 11.2 Å². The van der Waals surface area contributed by atoms with Gasteiger partial charge in [-0.3, -0.25) is 14.5 Å². The maximum atomic E-state index is 11.9. The Kier molecular flexibility index (Phi) is 2.71. The Hall–Kier alpha value is -2.70. The summed E-state index contributed by atoms with van der Waals surface area (Å²) in [4.78, 5) is 11.9. The highest BCUT2D eigenvalue weighted by Crippen LogP contribution is 2.10. The van der Waals surface area contributed by atoms with Gasteiger partial charge in [-0.05, 0) is 19.1 Å². The minimum Gasteiger partial charge on any atom is -0.364 e. The second kappa shape index (κ2) is 4.52. The average Bonchev–Trinajstić information content (AvgIpc) is 2.98. The first kappa shape index (κ1) is 11.4. The summed E-state index contributed by atoms with van der Waals surface area (Å²) >= 11 is 0. The van der Waals surface area contributed by atoms with Crippen LogP contribution in [0.3, 0.4) is 0 Å². The second-order valence-electron chi connectivity index (χ2n) is 4.10. The molecule has 1 amide bonds. The number of carbonyl (C=O) groups excluding carboxylic acids is 1. The second-order valence-corrected chi connectivity index (χ2v) is 4.10. The van der Waals surface area contributed by atoms with Gasteiger partial charge in [-0.15, -0.1) is 10.2 Å². The van der Waals surface area contributed by atoms with Gasteiger partial charge in [0.1, 0.15) is 6.26 Å². The van der Waals surface area contributed by atoms with E-state index in [1.54, 1.807) is 17.5 Å². The van der Waals surface area contributed by atoms with E-state index in [1.807, 2.05) is 18.2 Å². The SMILES string of the molecule is Cc1nocc1CC(=O)Nc1nnc2ccccn12. The molecule has 19 heavy (non-hydrogen) atoms. The molecule has 0 fully saturated rings. The van der Waals surface area contributed by atoms with Crippen LogP contribution in [0.5, 0.6) is 0 Å². The molecule has 0 unspecified atom stereocenters. The molecule has 0 spiro atoms. The molecule has 0 aliphatic heterocycles. The van der Waals surface area contributed by atoms with Gasteiger partial charge in [-0.25, -0.2) is 0 Å². The van der Waals surface area contributed by atoms with E-state index in [-0.39, 0.29) is 12.3 Å². The van der Waals surface area contributed by atoms with Gasteiger partial charge in [-0.2, -0.15) is 0 Å². The molecule has 0 saturated heterocycles. The number of nitrogens with zero attached hydrogens (tertiary/aromatic N) is 4. The molecule has 0 aliphatic carbocycles. The van der Waals surface area contributed by atoms with Crippen LogP contribution in [0.1, 0.15) is 11.3 Å². The largest absolute Gasteiger partial charge is 0.364 e. The van der Waals surface area contributed by atoms with Crippen molar-refractivity contribution in [3.05, 3.63) is 41.9 Å². The van der Waals surface area contributed by atoms with Crippen LogP contribution in [0.4, 0.5) is 5.95 Å². The molecular weight excluding hydrogens is 246 g/mol. The molecule has 0 aromatic carbocycles. The van der Waals surface area contributed by atoms with Crippen molar-refractivity contribution in [2.24, 2.45) is 0 Å². The van der Waals surface area contributed by atoms with Crippen LogP contribution in [-0.2, 0) is 11.2 Å². The number of carbonyl (C=O) groups is 1. The third-order valence-corrected chi connectivity index (χ3v) is 2.77. The molecule has 0 aliphatic rings. The van der Waals surface area contributed by atoms with Crippen molar-refractivity contribution < 1.29 is 9.32 Å². The van der Waals surface area contributed by atoms with Crippen molar-refractivity contribution in [3.63, 3.8) is 0 Å². The minimum absolute atomic E-state index is 0.190. The van der Waals surface area contributed by atoms with Crippen LogP contribution < -0.4 is 5.32 Å². The zero-order chi connectivity index (χ0) is 13.2. The lowest BCUT2D eigenvalue weighted by molar-refractivity contribution is -0.115. The van der Waals surface area contributed by atoms with Crippen LogP contribution in [0.25, 0.3) is 5.65 Å². The predicted octanol–water partition coefficient (Wildman–Crippen LogP) is 1.21. The lowest BCUT2D eigenvalue weighted by Crippen LogP contribution is -2.16. The number of pyridine rings is 1. The summed E-state index contributed by atoms with van der Waals surface area (Å²) in [6.07, 6.45) is 3.45. The number of rotatable bonds is 3. The molecule has 1 N–H and O–H groups in total. The Balaban J connectivity index is 1.78. The lowest BCUT2D eigenvalue weighted by atomic mass is 10.2. The summed E-state index contributed by atoms with van der Waals surface area (Å²) in [7, 11) is 0. The van der Waals surface area contributed by atoms with Gasteiger partial charge in [0.15, 0.2) is 5.65 Å². The van der Waals surface area contributed by atoms with Gasteiger partial charge in [0.2, 0.25) is 11.9 Å². The van der Waals surface area contributed by atoms with Crippen molar-refractivity contribution >= 4 is 17.5 Å². The molecule has 0 saturated carbocycles. The number of nitrogens with one attached hydrogen (secondary N) is 1. The molecule has 0 radical (unpaired) electrons. The molecule has 7 heteroatoms. The first-order valence-electron chi connectivity index (χ1n) is 5.73. The van der Waals surface area contributed by atoms with Crippen molar-refractivity contribution in [2.75, 3.05) is 5.32 Å². The molecule has 3 aromatic heterocycles. The van der Waals surface area contributed by atoms with E-state index in [4.69, 9.17) is 4.52 Å². The van der Waals surface area contributed by atoms with Crippen LogP contribution in [0.2, 0.25) is 0 Å². The Morgan fingerprint density at radius 2 is 2.32 bits per heavy atom. The summed E-state index contributed by atoms with van der Waals surface area (Å²) < 4.78 is 6.50. The summed E-state index contributed by atoms with van der Waals surface area (Å²) in [6.45, 7) is 1.79. The summed E-state index contributed by atoms with van der Waals surface area (Å²) in [5.74, 6) is 0.208. The fourth-order valence-electron chi connectivity index (χ4n) is 1.75. The molecule has 7 nitrogen and oxygen atoms in total. The quantitative estimate of drug-likeness (QED) is 0.762. The van der Waals surface area contributed by atoms with E-state index in [9.17, 15) is 4.79 Å². The van der Waals surface area contributed by atoms with Crippen molar-refractivity contribution in [2.45, 2.75) is 13.3 Å². The first-order chi connectivity index (χ1) is 9.24. The number of fused-ring (bicyclic) bond motifs is 1. The number of hydrogen-bond donors (Lipinski definition) is 1. The van der Waals surface area contributed by atoms with Crippen LogP contribution in [0, 0.1) is 6.92 Å². The number of hydrogen-bond acceptors (Lipinski definition) is 5. The highest BCUT2D eigenvalue weighted by atomic mass is 16.5. The van der Waals surface area contributed by atoms with Crippen LogP contribution in [0.15, 0.2) is 35.2 Å². The first-order valence-corrected chi connectivity index (χ1v) is 5.73. The van der Waals surface area contributed by atoms with E-state index >= 15 is 0 Å². The molecule has 3 aromatic rings. The number of anilines is 1. The van der Waals surface area contributed by atoms with Crippen LogP contribution >= 0.6 is 0 Å². The highest BCUT2D eigenvalue weighted by molar-refractivity contribution is 5.91. The van der Waals surface area contributed by atoms with E-state index in [0.29, 0.717) is 17.3 Å². The van der Waals surface area contributed by atoms with Gasteiger partial charge < -0.3 is 4.52 Å². The zero-order valence-corrected chi connectivity index (χ0v) is 10.2. The monoisotopic (exact) mass is 257 g/mol. The van der Waals surface area contributed by atoms with E-state index < -0.39 is 0 Å². The molecule has 0 atom stereocenters. The average molecular weight is 257 g/mol. The van der Waals surface area contributed by atoms with Crippen molar-refractivity contribution in [3.8, 4) is 0 Å². The van der Waals surface area contributed by atoms with E-state index in [0.717, 1.165) is 5.56 Å². The number of aromatic nitrogens is 4. The smallest absolute Gasteiger partial charge is 0.235 e. The fraction of sp³-hybridized carbons (Fsp3) is 0.167. The maximum absolute atomic E-state index is 11.9. The van der Waals surface area contributed by atoms with Gasteiger partial charge in [0.25, 0.3) is 0 Å². The Morgan fingerprint density at radius 3 is 3.11 bits per heavy atom. The Labute approximate surface area is 108 Å². The van der Waals surface area contributed by atoms with Gasteiger partial charge >= 0.3 is 0 Å². The number of amides is 1. The minimum atomic E-state index is -0.190. The standard InChI is InChI=1S/C12H11N5O2/c1-8-9(7-19-16-8)6-11(18)13-12-15-14-10-4-2-3-5-17(10)12/h2-5,7H,6H2,1H3,(H,13,15,18). The van der Waals surface area contributed by atoms with Crippen molar-refractivity contribution in [1.82, 2.24) is 19.8 Å². The third kappa shape index (κ3) is 2.17. The summed E-state index contributed by atoms with van der Waals surface area (Å²) in [6, 6.07) is 5.51. The topological polar surface area (TPSA) is 85.3 Å². The molecule has 3 heterocycles. The molecule has 3 rings (SSSR count). The molecule has 96 valence electrons. The Bertz CT molecular complexity index is 730. The fourth-order valence-corrected chi connectivity index (χ4v) is 1.75. The molecular formula is C12H11N5O2. The van der Waals surface area contributed by atoms with E-state index in [2.05, 4.69) is 20.7 Å². The van der Waals surface area contributed by atoms with Gasteiger partial charge in [0, 0.05) is 11.8 Å². The van der Waals surface area contributed by atoms with Crippen molar-refractivity contribution in [1.29, 1.82) is 0 Å². The normalized spacial score (nSPS) is 10.8. The maximum Gasteiger partial charge on any atom is 0.235 e. The van der Waals surface area contributed by atoms with Crippen LogP contribution in [-0.4, -0.2) is 25.7 Å². The molecule has 0 bridgehead atoms. The van der Waals surface area contributed by atoms with Gasteiger partial charge in [0.05, 0.1) is 12.1 Å². The third-order valence-electron chi connectivity index (χ3n) is 2.77. The highest BCUT2D eigenvalue weighted by Gasteiger charge is 2.12. The zero-order valence-electron chi connectivity index (χ0n) is 10.2. The van der Waals surface area contributed by atoms with E-state index in [1.165, 1.54) is 6.26 Å². The Morgan fingerprint density at radius 1 is 1.42 bits per heavy atom. The predicted molar refractivity (Wildman–Crippen MR) is 66.6 cm³/mol. The lowest BCUT2D eigenvalue weighted by Gasteiger charge is -2.02. The summed E-state index contributed by atoms with van der Waals surface area (Å²) in [5.41, 5.74) is 2.14. The number of aryl methyl sites for hydroxylation is 1.